The van der Waals surface area contributed by atoms with E-state index in [2.05, 4.69) is 0 Å². The highest BCUT2D eigenvalue weighted by atomic mass is 19.1. The van der Waals surface area contributed by atoms with Crippen molar-refractivity contribution in [2.75, 3.05) is 0 Å². The van der Waals surface area contributed by atoms with E-state index in [0.29, 0.717) is 11.1 Å². The van der Waals surface area contributed by atoms with Crippen LogP contribution in [0.15, 0.2) is 24.3 Å². The number of benzene rings is 1. The Hall–Kier alpha value is -1.18. The zero-order valence-corrected chi connectivity index (χ0v) is 8.75. The van der Waals surface area contributed by atoms with Crippen molar-refractivity contribution < 1.29 is 9.18 Å². The first kappa shape index (κ1) is 10.9. The van der Waals surface area contributed by atoms with Gasteiger partial charge in [-0.3, -0.25) is 4.79 Å². The molecule has 76 valence electrons. The van der Waals surface area contributed by atoms with Gasteiger partial charge < -0.3 is 0 Å². The highest BCUT2D eigenvalue weighted by Crippen LogP contribution is 2.36. The van der Waals surface area contributed by atoms with Gasteiger partial charge in [0.05, 0.1) is 0 Å². The topological polar surface area (TPSA) is 17.1 Å². The first-order valence-corrected chi connectivity index (χ1v) is 4.64. The largest absolute Gasteiger partial charge is 0.298 e. The van der Waals surface area contributed by atoms with Crippen LogP contribution in [0.25, 0.3) is 0 Å². The molecule has 0 spiro atoms. The Morgan fingerprint density at radius 2 is 2.00 bits per heavy atom. The molecule has 0 aliphatic rings. The Balaban J connectivity index is 3.01. The summed E-state index contributed by atoms with van der Waals surface area (Å²) in [6, 6.07) is 6.69. The highest BCUT2D eigenvalue weighted by molar-refractivity contribution is 5.74. The van der Waals surface area contributed by atoms with E-state index in [1.807, 2.05) is 20.8 Å². The lowest BCUT2D eigenvalue weighted by atomic mass is 9.85. The molecule has 2 heteroatoms. The van der Waals surface area contributed by atoms with Crippen LogP contribution < -0.4 is 0 Å². The zero-order chi connectivity index (χ0) is 10.8. The summed E-state index contributed by atoms with van der Waals surface area (Å²) in [5.74, 6) is 0. The molecule has 1 rings (SSSR count). The number of hydrogen-bond acceptors (Lipinski definition) is 1. The number of hydrogen-bond donors (Lipinski definition) is 0. The molecule has 0 saturated carbocycles. The van der Waals surface area contributed by atoms with Crippen LogP contribution in [0.2, 0.25) is 0 Å². The zero-order valence-electron chi connectivity index (χ0n) is 8.75. The smallest absolute Gasteiger partial charge is 0.150 e. The summed E-state index contributed by atoms with van der Waals surface area (Å²) in [6.45, 7) is 5.52. The first-order valence-electron chi connectivity index (χ1n) is 4.64. The molecule has 1 aromatic carbocycles. The second-order valence-corrected chi connectivity index (χ2v) is 4.52. The SMILES string of the molecule is CC(C)(C)C(F)c1cccc(C=O)c1. The van der Waals surface area contributed by atoms with Gasteiger partial charge in [0.1, 0.15) is 12.5 Å². The Morgan fingerprint density at radius 1 is 1.36 bits per heavy atom. The Morgan fingerprint density at radius 3 is 2.50 bits per heavy atom. The van der Waals surface area contributed by atoms with Gasteiger partial charge in [0.25, 0.3) is 0 Å². The number of carbonyl (C=O) groups is 1. The van der Waals surface area contributed by atoms with Gasteiger partial charge in [-0.2, -0.15) is 0 Å². The van der Waals surface area contributed by atoms with Gasteiger partial charge in [0.15, 0.2) is 0 Å². The van der Waals surface area contributed by atoms with Crippen LogP contribution in [0.5, 0.6) is 0 Å². The average Bonchev–Trinajstić information content (AvgIpc) is 2.15. The molecule has 1 nitrogen and oxygen atoms in total. The second kappa shape index (κ2) is 3.91. The van der Waals surface area contributed by atoms with Crippen molar-refractivity contribution in [3.05, 3.63) is 35.4 Å². The molecule has 1 aromatic rings. The molecule has 0 amide bonds. The van der Waals surface area contributed by atoms with E-state index in [-0.39, 0.29) is 0 Å². The molecule has 0 N–H and O–H groups in total. The monoisotopic (exact) mass is 194 g/mol. The lowest BCUT2D eigenvalue weighted by Gasteiger charge is -2.23. The van der Waals surface area contributed by atoms with E-state index < -0.39 is 11.6 Å². The summed E-state index contributed by atoms with van der Waals surface area (Å²) in [7, 11) is 0. The van der Waals surface area contributed by atoms with Crippen molar-refractivity contribution in [2.24, 2.45) is 5.41 Å². The molecular weight excluding hydrogens is 179 g/mol. The number of halogens is 1. The summed E-state index contributed by atoms with van der Waals surface area (Å²) in [5, 5.41) is 0. The van der Waals surface area contributed by atoms with Crippen molar-refractivity contribution in [3.8, 4) is 0 Å². The van der Waals surface area contributed by atoms with Gasteiger partial charge >= 0.3 is 0 Å². The number of aldehydes is 1. The van der Waals surface area contributed by atoms with Gasteiger partial charge in [-0.1, -0.05) is 39.0 Å². The third-order valence-corrected chi connectivity index (χ3v) is 2.10. The molecule has 0 bridgehead atoms. The molecular formula is C12H15FO. The van der Waals surface area contributed by atoms with Gasteiger partial charge in [0, 0.05) is 5.56 Å². The minimum Gasteiger partial charge on any atom is -0.298 e. The maximum Gasteiger partial charge on any atom is 0.150 e. The summed E-state index contributed by atoms with van der Waals surface area (Å²) < 4.78 is 13.8. The third-order valence-electron chi connectivity index (χ3n) is 2.10. The molecule has 0 radical (unpaired) electrons. The van der Waals surface area contributed by atoms with E-state index in [9.17, 15) is 9.18 Å². The van der Waals surface area contributed by atoms with Crippen molar-refractivity contribution in [2.45, 2.75) is 26.9 Å². The van der Waals surface area contributed by atoms with Gasteiger partial charge in [-0.25, -0.2) is 4.39 Å². The summed E-state index contributed by atoms with van der Waals surface area (Å²) in [5.41, 5.74) is 0.665. The van der Waals surface area contributed by atoms with Crippen molar-refractivity contribution in [1.29, 1.82) is 0 Å². The molecule has 1 atom stereocenters. The van der Waals surface area contributed by atoms with E-state index in [0.717, 1.165) is 6.29 Å². The van der Waals surface area contributed by atoms with Crippen molar-refractivity contribution >= 4 is 6.29 Å². The van der Waals surface area contributed by atoms with Gasteiger partial charge in [0.2, 0.25) is 0 Å². The highest BCUT2D eigenvalue weighted by Gasteiger charge is 2.25. The van der Waals surface area contributed by atoms with Crippen LogP contribution in [-0.4, -0.2) is 6.29 Å². The van der Waals surface area contributed by atoms with Crippen LogP contribution in [0.1, 0.15) is 42.9 Å². The molecule has 0 fully saturated rings. The molecule has 0 saturated heterocycles. The molecule has 0 heterocycles. The summed E-state index contributed by atoms with van der Waals surface area (Å²) in [6.07, 6.45) is -0.304. The predicted octanol–water partition coefficient (Wildman–Crippen LogP) is 3.56. The minimum atomic E-state index is -1.04. The predicted molar refractivity (Wildman–Crippen MR) is 55.1 cm³/mol. The second-order valence-electron chi connectivity index (χ2n) is 4.52. The maximum absolute atomic E-state index is 13.8. The van der Waals surface area contributed by atoms with Crippen LogP contribution >= 0.6 is 0 Å². The summed E-state index contributed by atoms with van der Waals surface area (Å²) in [4.78, 5) is 10.5. The fraction of sp³-hybridized carbons (Fsp3) is 0.417. The Bertz CT molecular complexity index is 325. The first-order chi connectivity index (χ1) is 6.45. The third kappa shape index (κ3) is 2.41. The molecule has 0 aliphatic carbocycles. The maximum atomic E-state index is 13.8. The normalized spacial score (nSPS) is 13.7. The van der Waals surface area contributed by atoms with Crippen molar-refractivity contribution in [1.82, 2.24) is 0 Å². The lowest BCUT2D eigenvalue weighted by Crippen LogP contribution is -2.14. The summed E-state index contributed by atoms with van der Waals surface area (Å²) >= 11 is 0. The van der Waals surface area contributed by atoms with E-state index in [4.69, 9.17) is 0 Å². The lowest BCUT2D eigenvalue weighted by molar-refractivity contribution is 0.112. The van der Waals surface area contributed by atoms with Gasteiger partial charge in [-0.15, -0.1) is 0 Å². The number of carbonyl (C=O) groups excluding carboxylic acids is 1. The quantitative estimate of drug-likeness (QED) is 0.658. The van der Waals surface area contributed by atoms with E-state index >= 15 is 0 Å². The number of rotatable bonds is 2. The Kier molecular flexibility index (Phi) is 3.04. The average molecular weight is 194 g/mol. The molecule has 0 aliphatic heterocycles. The van der Waals surface area contributed by atoms with E-state index in [1.165, 1.54) is 0 Å². The number of alkyl halides is 1. The van der Waals surface area contributed by atoms with Gasteiger partial charge in [-0.05, 0) is 17.0 Å². The van der Waals surface area contributed by atoms with Crippen LogP contribution in [0.3, 0.4) is 0 Å². The molecule has 0 aromatic heterocycles. The van der Waals surface area contributed by atoms with Crippen molar-refractivity contribution in [3.63, 3.8) is 0 Å². The van der Waals surface area contributed by atoms with E-state index in [1.54, 1.807) is 24.3 Å². The Labute approximate surface area is 83.9 Å². The molecule has 1 unspecified atom stereocenters. The fourth-order valence-electron chi connectivity index (χ4n) is 1.29. The fourth-order valence-corrected chi connectivity index (χ4v) is 1.29. The molecule has 14 heavy (non-hydrogen) atoms. The minimum absolute atomic E-state index is 0.429. The van der Waals surface area contributed by atoms with Crippen LogP contribution in [-0.2, 0) is 0 Å². The van der Waals surface area contributed by atoms with Crippen LogP contribution in [0, 0.1) is 5.41 Å². The standard InChI is InChI=1S/C12H15FO/c1-12(2,3)11(13)10-6-4-5-9(7-10)8-14/h4-8,11H,1-3H3. The van der Waals surface area contributed by atoms with Crippen LogP contribution in [0.4, 0.5) is 4.39 Å².